The number of phenols is 1. The number of aromatic hydroxyl groups is 1. The molecule has 232 valence electrons. The van der Waals surface area contributed by atoms with Gasteiger partial charge in [0, 0.05) is 5.56 Å². The summed E-state index contributed by atoms with van der Waals surface area (Å²) in [6.07, 6.45) is 0. The Kier molecular flexibility index (Phi) is 9.19. The summed E-state index contributed by atoms with van der Waals surface area (Å²) in [5.41, 5.74) is 2.46. The molecular formula is C34H32N2O8S. The summed E-state index contributed by atoms with van der Waals surface area (Å²) in [7, 11) is 0. The molecule has 1 aromatic heterocycles. The molecule has 4 aromatic rings. The number of benzene rings is 3. The zero-order chi connectivity index (χ0) is 32.2. The first kappa shape index (κ1) is 31.3. The summed E-state index contributed by atoms with van der Waals surface area (Å²) in [6, 6.07) is 18.0. The zero-order valence-corrected chi connectivity index (χ0v) is 26.0. The van der Waals surface area contributed by atoms with Gasteiger partial charge in [0.2, 0.25) is 0 Å². The SMILES string of the molecule is CCOC(=O)c1sc(N2C(=O)C(=O)/C(=C(/O)c3ccc(OCc4ccccc4)cc3C)C2c2ccc(O)c(OCC)c2)nc1C. The first-order valence-electron chi connectivity index (χ1n) is 14.3. The van der Waals surface area contributed by atoms with Crippen molar-refractivity contribution in [2.75, 3.05) is 18.1 Å². The quantitative estimate of drug-likeness (QED) is 0.0905. The highest BCUT2D eigenvalue weighted by molar-refractivity contribution is 7.17. The smallest absolute Gasteiger partial charge is 0.350 e. The molecule has 3 aromatic carbocycles. The van der Waals surface area contributed by atoms with E-state index in [9.17, 15) is 24.6 Å². The van der Waals surface area contributed by atoms with Gasteiger partial charge in [0.15, 0.2) is 16.6 Å². The lowest BCUT2D eigenvalue weighted by molar-refractivity contribution is -0.132. The highest BCUT2D eigenvalue weighted by Gasteiger charge is 2.48. The predicted molar refractivity (Wildman–Crippen MR) is 169 cm³/mol. The van der Waals surface area contributed by atoms with Crippen LogP contribution in [0.3, 0.4) is 0 Å². The van der Waals surface area contributed by atoms with Crippen molar-refractivity contribution in [2.24, 2.45) is 0 Å². The number of rotatable bonds is 10. The fraction of sp³-hybridized carbons (Fsp3) is 0.235. The lowest BCUT2D eigenvalue weighted by Crippen LogP contribution is -2.29. The van der Waals surface area contributed by atoms with Crippen molar-refractivity contribution in [3.8, 4) is 17.2 Å². The van der Waals surface area contributed by atoms with Crippen LogP contribution in [-0.4, -0.2) is 46.1 Å². The Morgan fingerprint density at radius 1 is 0.978 bits per heavy atom. The summed E-state index contributed by atoms with van der Waals surface area (Å²) >= 11 is 0.911. The molecule has 2 heterocycles. The van der Waals surface area contributed by atoms with Crippen LogP contribution in [0.4, 0.5) is 5.13 Å². The highest BCUT2D eigenvalue weighted by atomic mass is 32.1. The molecule has 5 rings (SSSR count). The number of hydrogen-bond acceptors (Lipinski definition) is 10. The molecule has 0 bridgehead atoms. The third-order valence-electron chi connectivity index (χ3n) is 7.20. The number of aromatic nitrogens is 1. The average Bonchev–Trinajstić information content (AvgIpc) is 3.53. The Morgan fingerprint density at radius 2 is 1.73 bits per heavy atom. The Morgan fingerprint density at radius 3 is 2.42 bits per heavy atom. The van der Waals surface area contributed by atoms with Gasteiger partial charge >= 0.3 is 11.9 Å². The number of aliphatic hydroxyl groups excluding tert-OH is 1. The van der Waals surface area contributed by atoms with Crippen molar-refractivity contribution in [1.82, 2.24) is 4.98 Å². The molecule has 1 aliphatic rings. The van der Waals surface area contributed by atoms with Gasteiger partial charge in [-0.25, -0.2) is 9.78 Å². The number of amides is 1. The largest absolute Gasteiger partial charge is 0.507 e. The van der Waals surface area contributed by atoms with Crippen LogP contribution >= 0.6 is 11.3 Å². The minimum atomic E-state index is -1.15. The number of hydrogen-bond donors (Lipinski definition) is 2. The number of thiazole rings is 1. The molecule has 10 nitrogen and oxygen atoms in total. The Hall–Kier alpha value is -5.16. The van der Waals surface area contributed by atoms with E-state index in [1.807, 2.05) is 30.3 Å². The van der Waals surface area contributed by atoms with Crippen LogP contribution in [0.2, 0.25) is 0 Å². The molecule has 0 radical (unpaired) electrons. The number of anilines is 1. The normalized spacial score (nSPS) is 15.7. The Labute approximate surface area is 264 Å². The maximum absolute atomic E-state index is 13.7. The van der Waals surface area contributed by atoms with Crippen molar-refractivity contribution in [1.29, 1.82) is 0 Å². The van der Waals surface area contributed by atoms with E-state index >= 15 is 0 Å². The second-order valence-electron chi connectivity index (χ2n) is 10.2. The highest BCUT2D eigenvalue weighted by Crippen LogP contribution is 2.46. The maximum atomic E-state index is 13.7. The van der Waals surface area contributed by atoms with Crippen molar-refractivity contribution in [3.63, 3.8) is 0 Å². The van der Waals surface area contributed by atoms with E-state index in [-0.39, 0.29) is 40.3 Å². The third kappa shape index (κ3) is 6.25. The molecule has 11 heteroatoms. The van der Waals surface area contributed by atoms with Crippen LogP contribution in [0.5, 0.6) is 17.2 Å². The van der Waals surface area contributed by atoms with Crippen molar-refractivity contribution < 1.29 is 38.8 Å². The molecule has 45 heavy (non-hydrogen) atoms. The molecule has 1 unspecified atom stereocenters. The monoisotopic (exact) mass is 628 g/mol. The van der Waals surface area contributed by atoms with E-state index in [1.54, 1.807) is 45.9 Å². The van der Waals surface area contributed by atoms with Gasteiger partial charge in [0.1, 0.15) is 23.0 Å². The first-order valence-corrected chi connectivity index (χ1v) is 15.1. The van der Waals surface area contributed by atoms with Crippen LogP contribution in [0.25, 0.3) is 5.76 Å². The van der Waals surface area contributed by atoms with Crippen molar-refractivity contribution >= 4 is 39.9 Å². The summed E-state index contributed by atoms with van der Waals surface area (Å²) in [6.45, 7) is 7.56. The number of ketones is 1. The van der Waals surface area contributed by atoms with E-state index in [1.165, 1.54) is 18.2 Å². The van der Waals surface area contributed by atoms with Gasteiger partial charge in [-0.1, -0.05) is 47.7 Å². The predicted octanol–water partition coefficient (Wildman–Crippen LogP) is 6.25. The summed E-state index contributed by atoms with van der Waals surface area (Å²) < 4.78 is 16.6. The third-order valence-corrected chi connectivity index (χ3v) is 8.33. The number of nitrogens with zero attached hydrogens (tertiary/aromatic N) is 2. The molecule has 1 amide bonds. The molecule has 1 aliphatic heterocycles. The van der Waals surface area contributed by atoms with Gasteiger partial charge in [0.05, 0.1) is 30.5 Å². The topological polar surface area (TPSA) is 135 Å². The van der Waals surface area contributed by atoms with Crippen LogP contribution in [0.15, 0.2) is 72.3 Å². The number of ether oxygens (including phenoxy) is 3. The van der Waals surface area contributed by atoms with Crippen LogP contribution in [-0.2, 0) is 20.9 Å². The van der Waals surface area contributed by atoms with Gasteiger partial charge < -0.3 is 24.4 Å². The average molecular weight is 629 g/mol. The van der Waals surface area contributed by atoms with Crippen LogP contribution < -0.4 is 14.4 Å². The molecule has 1 fully saturated rings. The maximum Gasteiger partial charge on any atom is 0.350 e. The molecular weight excluding hydrogens is 596 g/mol. The lowest BCUT2D eigenvalue weighted by atomic mass is 9.93. The summed E-state index contributed by atoms with van der Waals surface area (Å²) in [4.78, 5) is 45.7. The number of Topliss-reactive ketones (excluding diaryl/α,β-unsaturated/α-hetero) is 1. The Balaban J connectivity index is 1.61. The fourth-order valence-electron chi connectivity index (χ4n) is 5.07. The minimum Gasteiger partial charge on any atom is -0.507 e. The minimum absolute atomic E-state index is 0.0779. The lowest BCUT2D eigenvalue weighted by Gasteiger charge is -2.24. The number of aliphatic hydroxyl groups is 1. The van der Waals surface area contributed by atoms with Gasteiger partial charge in [-0.3, -0.25) is 14.5 Å². The fourth-order valence-corrected chi connectivity index (χ4v) is 6.05. The van der Waals surface area contributed by atoms with E-state index in [0.717, 1.165) is 21.8 Å². The second kappa shape index (κ2) is 13.2. The first-order chi connectivity index (χ1) is 21.6. The number of esters is 1. The molecule has 0 saturated carbocycles. The Bertz CT molecular complexity index is 1800. The van der Waals surface area contributed by atoms with Crippen LogP contribution in [0.1, 0.15) is 57.5 Å². The molecule has 0 spiro atoms. The van der Waals surface area contributed by atoms with Gasteiger partial charge in [0.25, 0.3) is 5.78 Å². The molecule has 1 atom stereocenters. The molecule has 2 N–H and O–H groups in total. The van der Waals surface area contributed by atoms with Gasteiger partial charge in [-0.2, -0.15) is 0 Å². The van der Waals surface area contributed by atoms with E-state index in [2.05, 4.69) is 4.98 Å². The summed E-state index contributed by atoms with van der Waals surface area (Å²) in [5.74, 6) is -2.28. The van der Waals surface area contributed by atoms with E-state index in [0.29, 0.717) is 34.7 Å². The van der Waals surface area contributed by atoms with E-state index < -0.39 is 29.5 Å². The van der Waals surface area contributed by atoms with E-state index in [4.69, 9.17) is 14.2 Å². The number of phenolic OH excluding ortho intramolecular Hbond substituents is 1. The summed E-state index contributed by atoms with van der Waals surface area (Å²) in [5, 5.41) is 22.1. The second-order valence-corrected chi connectivity index (χ2v) is 11.2. The van der Waals surface area contributed by atoms with Crippen LogP contribution in [0, 0.1) is 13.8 Å². The number of carbonyl (C=O) groups is 3. The standard InChI is InChI=1S/C34H32N2O8S/c1-5-42-26-17-22(12-15-25(26)37)28-27(30(39)32(40)36(28)34-35-20(4)31(45-34)33(41)43-6-2)29(38)24-14-13-23(16-19(24)3)44-18-21-10-8-7-9-11-21/h7-17,28,37-38H,5-6,18H2,1-4H3/b29-27+. The van der Waals surface area contributed by atoms with Crippen molar-refractivity contribution in [3.05, 3.63) is 105 Å². The van der Waals surface area contributed by atoms with Crippen molar-refractivity contribution in [2.45, 2.75) is 40.3 Å². The van der Waals surface area contributed by atoms with Gasteiger partial charge in [-0.05, 0) is 74.7 Å². The van der Waals surface area contributed by atoms with Gasteiger partial charge in [-0.15, -0.1) is 0 Å². The zero-order valence-electron chi connectivity index (χ0n) is 25.2. The number of carbonyl (C=O) groups excluding carboxylic acids is 3. The molecule has 1 saturated heterocycles. The molecule has 0 aliphatic carbocycles. The number of aryl methyl sites for hydroxylation is 2.